The van der Waals surface area contributed by atoms with E-state index >= 15 is 0 Å². The second-order valence-corrected chi connectivity index (χ2v) is 9.19. The van der Waals surface area contributed by atoms with E-state index < -0.39 is 0 Å². The maximum atomic E-state index is 3.78. The van der Waals surface area contributed by atoms with Crippen LogP contribution in [-0.4, -0.2) is 11.1 Å². The van der Waals surface area contributed by atoms with Crippen LogP contribution in [0.25, 0.3) is 0 Å². The first kappa shape index (κ1) is 20.7. The van der Waals surface area contributed by atoms with Crippen molar-refractivity contribution in [3.05, 3.63) is 71.3 Å². The monoisotopic (exact) mass is 352 g/mol. The van der Waals surface area contributed by atoms with Crippen LogP contribution in [0.4, 0.5) is 0 Å². The molecule has 0 radical (unpaired) electrons. The van der Waals surface area contributed by atoms with Gasteiger partial charge >= 0.3 is 0 Å². The largest absolute Gasteiger partial charge is 0.306 e. The molecule has 0 aliphatic carbocycles. The second kappa shape index (κ2) is 8.37. The Morgan fingerprint density at radius 2 is 1.19 bits per heavy atom. The Kier molecular flexibility index (Phi) is 6.65. The van der Waals surface area contributed by atoms with Crippen LogP contribution in [0.5, 0.6) is 0 Å². The number of hydrogen-bond acceptors (Lipinski definition) is 2. The van der Waals surface area contributed by atoms with Crippen LogP contribution >= 0.6 is 0 Å². The lowest BCUT2D eigenvalue weighted by Gasteiger charge is -2.31. The molecule has 2 atom stereocenters. The molecule has 0 saturated heterocycles. The zero-order chi connectivity index (χ0) is 19.4. The molecule has 2 aromatic carbocycles. The van der Waals surface area contributed by atoms with Crippen LogP contribution in [0.2, 0.25) is 0 Å². The number of hydrogen-bond donors (Lipinski definition) is 2. The van der Waals surface area contributed by atoms with Gasteiger partial charge in [-0.15, -0.1) is 0 Å². The summed E-state index contributed by atoms with van der Waals surface area (Å²) >= 11 is 0. The minimum Gasteiger partial charge on any atom is -0.306 e. The summed E-state index contributed by atoms with van der Waals surface area (Å²) in [6.07, 6.45) is 1.01. The summed E-state index contributed by atoms with van der Waals surface area (Å²) in [5.41, 5.74) is 4.20. The molecule has 2 heteroatoms. The van der Waals surface area contributed by atoms with Crippen LogP contribution in [-0.2, 0) is 6.42 Å². The Balaban J connectivity index is 1.98. The van der Waals surface area contributed by atoms with Crippen molar-refractivity contribution >= 4 is 0 Å². The standard InChI is InChI=1S/C24H36N2/c1-18(25-23(3,4)5)22-15-13-20(14-16-22)17-24(6,7)26-19(2)21-11-9-8-10-12-21/h8-16,18-19,25-26H,17H2,1-7H3/t18-,19+/m0/s1. The minimum atomic E-state index is 0.0338. The Morgan fingerprint density at radius 3 is 1.73 bits per heavy atom. The zero-order valence-corrected chi connectivity index (χ0v) is 17.6. The van der Waals surface area contributed by atoms with Gasteiger partial charge in [0.05, 0.1) is 0 Å². The first-order chi connectivity index (χ1) is 12.1. The molecule has 0 aliphatic rings. The number of rotatable bonds is 7. The highest BCUT2D eigenvalue weighted by Crippen LogP contribution is 2.22. The predicted molar refractivity (Wildman–Crippen MR) is 114 cm³/mol. The number of nitrogens with one attached hydrogen (secondary N) is 2. The van der Waals surface area contributed by atoms with Crippen LogP contribution in [0.1, 0.15) is 77.2 Å². The van der Waals surface area contributed by atoms with E-state index in [2.05, 4.69) is 114 Å². The van der Waals surface area contributed by atoms with Gasteiger partial charge in [0.25, 0.3) is 0 Å². The van der Waals surface area contributed by atoms with Gasteiger partial charge in [-0.3, -0.25) is 0 Å². The van der Waals surface area contributed by atoms with Crippen LogP contribution in [0.3, 0.4) is 0 Å². The Labute approximate surface area is 160 Å². The first-order valence-corrected chi connectivity index (χ1v) is 9.75. The molecular formula is C24H36N2. The highest BCUT2D eigenvalue weighted by Gasteiger charge is 2.21. The van der Waals surface area contributed by atoms with Crippen LogP contribution in [0.15, 0.2) is 54.6 Å². The van der Waals surface area contributed by atoms with Gasteiger partial charge in [-0.1, -0.05) is 54.6 Å². The third kappa shape index (κ3) is 6.59. The summed E-state index contributed by atoms with van der Waals surface area (Å²) in [5, 5.41) is 7.41. The maximum absolute atomic E-state index is 3.78. The molecule has 2 aromatic rings. The van der Waals surface area contributed by atoms with Crippen molar-refractivity contribution in [3.63, 3.8) is 0 Å². The lowest BCUT2D eigenvalue weighted by Crippen LogP contribution is -2.42. The SMILES string of the molecule is C[C@H](NC(C)(C)C)c1ccc(CC(C)(C)N[C@H](C)c2ccccc2)cc1. The van der Waals surface area contributed by atoms with Crippen molar-refractivity contribution in [2.75, 3.05) is 0 Å². The fraction of sp³-hybridized carbons (Fsp3) is 0.500. The summed E-state index contributed by atoms with van der Waals surface area (Å²) in [7, 11) is 0. The molecule has 0 aliphatic heterocycles. The van der Waals surface area contributed by atoms with Crippen molar-refractivity contribution in [1.29, 1.82) is 0 Å². The van der Waals surface area contributed by atoms with E-state index in [1.54, 1.807) is 0 Å². The van der Waals surface area contributed by atoms with E-state index in [-0.39, 0.29) is 11.1 Å². The summed E-state index contributed by atoms with van der Waals surface area (Å²) in [6.45, 7) is 15.7. The van der Waals surface area contributed by atoms with Gasteiger partial charge in [0, 0.05) is 23.2 Å². The van der Waals surface area contributed by atoms with Crippen molar-refractivity contribution in [2.24, 2.45) is 0 Å². The van der Waals surface area contributed by atoms with Gasteiger partial charge in [0.15, 0.2) is 0 Å². The molecule has 26 heavy (non-hydrogen) atoms. The fourth-order valence-electron chi connectivity index (χ4n) is 3.63. The van der Waals surface area contributed by atoms with Gasteiger partial charge < -0.3 is 10.6 Å². The summed E-state index contributed by atoms with van der Waals surface area (Å²) in [5.74, 6) is 0. The van der Waals surface area contributed by atoms with Crippen LogP contribution < -0.4 is 10.6 Å². The molecule has 0 bridgehead atoms. The van der Waals surface area contributed by atoms with Crippen molar-refractivity contribution in [2.45, 2.75) is 78.0 Å². The molecule has 2 rings (SSSR count). The minimum absolute atomic E-state index is 0.0338. The molecular weight excluding hydrogens is 316 g/mol. The second-order valence-electron chi connectivity index (χ2n) is 9.19. The Hall–Kier alpha value is -1.64. The molecule has 2 N–H and O–H groups in total. The molecule has 0 spiro atoms. The first-order valence-electron chi connectivity index (χ1n) is 9.75. The molecule has 0 saturated carbocycles. The predicted octanol–water partition coefficient (Wildman–Crippen LogP) is 5.81. The molecule has 2 nitrogen and oxygen atoms in total. The molecule has 0 unspecified atom stereocenters. The third-order valence-electron chi connectivity index (χ3n) is 4.68. The fourth-order valence-corrected chi connectivity index (χ4v) is 3.63. The van der Waals surface area contributed by atoms with Gasteiger partial charge in [0.1, 0.15) is 0 Å². The van der Waals surface area contributed by atoms with E-state index in [0.29, 0.717) is 12.1 Å². The quantitative estimate of drug-likeness (QED) is 0.657. The maximum Gasteiger partial charge on any atom is 0.0296 e. The van der Waals surface area contributed by atoms with E-state index in [1.807, 2.05) is 0 Å². The summed E-state index contributed by atoms with van der Waals surface area (Å²) < 4.78 is 0. The molecule has 0 heterocycles. The van der Waals surface area contributed by atoms with Crippen molar-refractivity contribution in [3.8, 4) is 0 Å². The molecule has 142 valence electrons. The smallest absolute Gasteiger partial charge is 0.0296 e. The lowest BCUT2D eigenvalue weighted by molar-refractivity contribution is 0.345. The van der Waals surface area contributed by atoms with E-state index in [9.17, 15) is 0 Å². The Bertz CT molecular complexity index is 666. The summed E-state index contributed by atoms with van der Waals surface area (Å²) in [6, 6.07) is 20.4. The van der Waals surface area contributed by atoms with Crippen LogP contribution in [0, 0.1) is 0 Å². The Morgan fingerprint density at radius 1 is 0.692 bits per heavy atom. The molecule has 0 aromatic heterocycles. The van der Waals surface area contributed by atoms with E-state index in [0.717, 1.165) is 6.42 Å². The average molecular weight is 353 g/mol. The van der Waals surface area contributed by atoms with Gasteiger partial charge in [-0.25, -0.2) is 0 Å². The highest BCUT2D eigenvalue weighted by atomic mass is 15.0. The zero-order valence-electron chi connectivity index (χ0n) is 17.6. The van der Waals surface area contributed by atoms with Crippen molar-refractivity contribution in [1.82, 2.24) is 10.6 Å². The van der Waals surface area contributed by atoms with Gasteiger partial charge in [0.2, 0.25) is 0 Å². The van der Waals surface area contributed by atoms with E-state index in [4.69, 9.17) is 0 Å². The normalized spacial score (nSPS) is 14.9. The van der Waals surface area contributed by atoms with Crippen molar-refractivity contribution < 1.29 is 0 Å². The summed E-state index contributed by atoms with van der Waals surface area (Å²) in [4.78, 5) is 0. The molecule has 0 amide bonds. The average Bonchev–Trinajstić information content (AvgIpc) is 2.54. The molecule has 0 fully saturated rings. The lowest BCUT2D eigenvalue weighted by atomic mass is 9.92. The topological polar surface area (TPSA) is 24.1 Å². The highest BCUT2D eigenvalue weighted by molar-refractivity contribution is 5.26. The third-order valence-corrected chi connectivity index (χ3v) is 4.68. The van der Waals surface area contributed by atoms with Gasteiger partial charge in [-0.05, 0) is 71.6 Å². The number of benzene rings is 2. The van der Waals surface area contributed by atoms with E-state index in [1.165, 1.54) is 16.7 Å². The van der Waals surface area contributed by atoms with Gasteiger partial charge in [-0.2, -0.15) is 0 Å².